The Morgan fingerprint density at radius 2 is 1.68 bits per heavy atom. The van der Waals surface area contributed by atoms with Crippen molar-refractivity contribution >= 4 is 27.6 Å². The summed E-state index contributed by atoms with van der Waals surface area (Å²) in [7, 11) is -3.63. The molecule has 0 radical (unpaired) electrons. The standard InChI is InChI=1S/C29H41FN2O5S/c1-7-8-9-21-10-12-22(13-11-21)16-23(19-37-28(34)29(3,4)5)18-31-27(33)20(2)24-14-15-26(25(30)17-24)32-38(6,35)36/h10-15,17,20,23,32H,7-9,16,18-19H2,1-6H3,(H,31,33)/t20-,23-/m1/s1. The lowest BCUT2D eigenvalue weighted by atomic mass is 9.95. The van der Waals surface area contributed by atoms with Crippen molar-refractivity contribution < 1.29 is 27.1 Å². The maximum Gasteiger partial charge on any atom is 0.311 e. The predicted octanol–water partition coefficient (Wildman–Crippen LogP) is 5.21. The van der Waals surface area contributed by atoms with Crippen molar-refractivity contribution in [3.63, 3.8) is 0 Å². The van der Waals surface area contributed by atoms with Crippen molar-refractivity contribution in [2.45, 2.75) is 66.2 Å². The Morgan fingerprint density at radius 3 is 2.24 bits per heavy atom. The Labute approximate surface area is 226 Å². The molecule has 0 saturated carbocycles. The molecular formula is C29H41FN2O5S. The maximum absolute atomic E-state index is 14.4. The van der Waals surface area contributed by atoms with E-state index in [0.29, 0.717) is 12.0 Å². The van der Waals surface area contributed by atoms with Gasteiger partial charge in [-0.05, 0) is 75.8 Å². The highest BCUT2D eigenvalue weighted by atomic mass is 32.2. The number of carbonyl (C=O) groups excluding carboxylic acids is 2. The molecule has 9 heteroatoms. The van der Waals surface area contributed by atoms with E-state index in [1.54, 1.807) is 27.7 Å². The number of aryl methyl sites for hydroxylation is 1. The molecule has 2 atom stereocenters. The Balaban J connectivity index is 2.08. The van der Waals surface area contributed by atoms with Crippen molar-refractivity contribution in [1.82, 2.24) is 5.32 Å². The number of ether oxygens (including phenoxy) is 1. The number of carbonyl (C=O) groups is 2. The third kappa shape index (κ3) is 10.4. The number of sulfonamides is 1. The molecule has 0 aliphatic rings. The third-order valence-electron chi connectivity index (χ3n) is 6.18. The summed E-state index contributed by atoms with van der Waals surface area (Å²) < 4.78 is 44.9. The first-order valence-electron chi connectivity index (χ1n) is 13.0. The lowest BCUT2D eigenvalue weighted by Gasteiger charge is -2.22. The number of halogens is 1. The van der Waals surface area contributed by atoms with Gasteiger partial charge in [0.1, 0.15) is 5.82 Å². The number of unbranched alkanes of at least 4 members (excludes halogenated alkanes) is 1. The molecule has 2 aromatic carbocycles. The van der Waals surface area contributed by atoms with Crippen LogP contribution >= 0.6 is 0 Å². The van der Waals surface area contributed by atoms with E-state index in [9.17, 15) is 22.4 Å². The number of amides is 1. The Morgan fingerprint density at radius 1 is 1.05 bits per heavy atom. The van der Waals surface area contributed by atoms with Gasteiger partial charge in [-0.25, -0.2) is 12.8 Å². The second-order valence-electron chi connectivity index (χ2n) is 10.9. The highest BCUT2D eigenvalue weighted by Crippen LogP contribution is 2.23. The van der Waals surface area contributed by atoms with E-state index in [2.05, 4.69) is 41.2 Å². The molecule has 0 fully saturated rings. The van der Waals surface area contributed by atoms with Crippen LogP contribution in [0.1, 0.15) is 70.1 Å². The first kappa shape index (κ1) is 31.3. The highest BCUT2D eigenvalue weighted by molar-refractivity contribution is 7.92. The van der Waals surface area contributed by atoms with Crippen molar-refractivity contribution in [3.05, 3.63) is 65.0 Å². The molecule has 0 aliphatic carbocycles. The lowest BCUT2D eigenvalue weighted by Crippen LogP contribution is -2.36. The number of hydrogen-bond donors (Lipinski definition) is 2. The van der Waals surface area contributed by atoms with E-state index in [4.69, 9.17) is 4.74 Å². The van der Waals surface area contributed by atoms with Crippen LogP contribution in [0, 0.1) is 17.2 Å². The number of nitrogens with one attached hydrogen (secondary N) is 2. The van der Waals surface area contributed by atoms with Crippen LogP contribution in [0.5, 0.6) is 0 Å². The van der Waals surface area contributed by atoms with Crippen LogP contribution < -0.4 is 10.0 Å². The van der Waals surface area contributed by atoms with Gasteiger partial charge in [0.2, 0.25) is 15.9 Å². The normalized spacial score (nSPS) is 13.4. The number of esters is 1. The van der Waals surface area contributed by atoms with E-state index < -0.39 is 27.2 Å². The second-order valence-corrected chi connectivity index (χ2v) is 12.7. The molecule has 2 rings (SSSR count). The molecule has 0 spiro atoms. The molecule has 38 heavy (non-hydrogen) atoms. The average Bonchev–Trinajstić information content (AvgIpc) is 2.84. The molecule has 0 saturated heterocycles. The minimum Gasteiger partial charge on any atom is -0.465 e. The number of hydrogen-bond acceptors (Lipinski definition) is 5. The fraction of sp³-hybridized carbons (Fsp3) is 0.517. The quantitative estimate of drug-likeness (QED) is 0.335. The van der Waals surface area contributed by atoms with Crippen LogP contribution in [0.4, 0.5) is 10.1 Å². The lowest BCUT2D eigenvalue weighted by molar-refractivity contribution is -0.154. The minimum absolute atomic E-state index is 0.156. The van der Waals surface area contributed by atoms with Gasteiger partial charge >= 0.3 is 5.97 Å². The summed E-state index contributed by atoms with van der Waals surface area (Å²) in [6.07, 6.45) is 4.85. The summed E-state index contributed by atoms with van der Waals surface area (Å²) in [6.45, 7) is 9.61. The SMILES string of the molecule is CCCCc1ccc(C[C@H](CNC(=O)[C@H](C)c2ccc(NS(C)(=O)=O)c(F)c2)COC(=O)C(C)(C)C)cc1. The minimum atomic E-state index is -3.63. The van der Waals surface area contributed by atoms with Gasteiger partial charge in [-0.1, -0.05) is 43.7 Å². The summed E-state index contributed by atoms with van der Waals surface area (Å²) in [6, 6.07) is 12.3. The fourth-order valence-electron chi connectivity index (χ4n) is 3.79. The molecule has 0 aromatic heterocycles. The molecule has 0 bridgehead atoms. The first-order valence-corrected chi connectivity index (χ1v) is 14.9. The van der Waals surface area contributed by atoms with Gasteiger partial charge < -0.3 is 10.1 Å². The van der Waals surface area contributed by atoms with Gasteiger partial charge in [-0.15, -0.1) is 0 Å². The largest absolute Gasteiger partial charge is 0.465 e. The van der Waals surface area contributed by atoms with Crippen LogP contribution in [0.3, 0.4) is 0 Å². The second kappa shape index (κ2) is 13.7. The zero-order chi connectivity index (χ0) is 28.5. The Bertz CT molecular complexity index is 1190. The maximum atomic E-state index is 14.4. The average molecular weight is 549 g/mol. The van der Waals surface area contributed by atoms with Crippen molar-refractivity contribution in [1.29, 1.82) is 0 Å². The van der Waals surface area contributed by atoms with Gasteiger partial charge in [0.05, 0.1) is 29.9 Å². The van der Waals surface area contributed by atoms with Crippen LogP contribution in [0.25, 0.3) is 0 Å². The number of rotatable bonds is 13. The summed E-state index contributed by atoms with van der Waals surface area (Å²) >= 11 is 0. The Kier molecular flexibility index (Phi) is 11.3. The van der Waals surface area contributed by atoms with Gasteiger partial charge in [0.25, 0.3) is 0 Å². The van der Waals surface area contributed by atoms with Crippen molar-refractivity contribution in [2.24, 2.45) is 11.3 Å². The first-order chi connectivity index (χ1) is 17.7. The molecule has 210 valence electrons. The van der Waals surface area contributed by atoms with E-state index >= 15 is 0 Å². The zero-order valence-electron chi connectivity index (χ0n) is 23.3. The monoisotopic (exact) mass is 548 g/mol. The van der Waals surface area contributed by atoms with Crippen LogP contribution in [0.2, 0.25) is 0 Å². The number of benzene rings is 2. The van der Waals surface area contributed by atoms with Gasteiger partial charge in [-0.2, -0.15) is 0 Å². The van der Waals surface area contributed by atoms with E-state index in [1.807, 2.05) is 0 Å². The summed E-state index contributed by atoms with van der Waals surface area (Å²) in [5, 5.41) is 2.91. The molecule has 1 amide bonds. The molecule has 0 aliphatic heterocycles. The third-order valence-corrected chi connectivity index (χ3v) is 6.77. The summed E-state index contributed by atoms with van der Waals surface area (Å²) in [5.41, 5.74) is 1.97. The van der Waals surface area contributed by atoms with E-state index in [0.717, 1.165) is 37.1 Å². The summed E-state index contributed by atoms with van der Waals surface area (Å²) in [5.74, 6) is -2.21. The molecular weight excluding hydrogens is 507 g/mol. The van der Waals surface area contributed by atoms with Gasteiger partial charge in [-0.3, -0.25) is 14.3 Å². The number of anilines is 1. The zero-order valence-corrected chi connectivity index (χ0v) is 24.1. The molecule has 0 heterocycles. The van der Waals surface area contributed by atoms with E-state index in [1.165, 1.54) is 17.7 Å². The van der Waals surface area contributed by atoms with Crippen LogP contribution in [-0.2, 0) is 37.2 Å². The molecule has 2 N–H and O–H groups in total. The van der Waals surface area contributed by atoms with Crippen molar-refractivity contribution in [2.75, 3.05) is 24.1 Å². The molecule has 7 nitrogen and oxygen atoms in total. The molecule has 2 aromatic rings. The fourth-order valence-corrected chi connectivity index (χ4v) is 4.35. The Hall–Kier alpha value is -2.94. The van der Waals surface area contributed by atoms with Gasteiger partial charge in [0, 0.05) is 12.5 Å². The predicted molar refractivity (Wildman–Crippen MR) is 149 cm³/mol. The summed E-state index contributed by atoms with van der Waals surface area (Å²) in [4.78, 5) is 25.3. The van der Waals surface area contributed by atoms with Crippen molar-refractivity contribution in [3.8, 4) is 0 Å². The topological polar surface area (TPSA) is 102 Å². The highest BCUT2D eigenvalue weighted by Gasteiger charge is 2.25. The van der Waals surface area contributed by atoms with Crippen LogP contribution in [-0.4, -0.2) is 39.7 Å². The van der Waals surface area contributed by atoms with Crippen LogP contribution in [0.15, 0.2) is 42.5 Å². The van der Waals surface area contributed by atoms with Gasteiger partial charge in [0.15, 0.2) is 0 Å². The smallest absolute Gasteiger partial charge is 0.311 e. The van der Waals surface area contributed by atoms with E-state index in [-0.39, 0.29) is 36.6 Å². The molecule has 0 unspecified atom stereocenters.